The summed E-state index contributed by atoms with van der Waals surface area (Å²) in [6, 6.07) is 16.1. The highest BCUT2D eigenvalue weighted by atomic mass is 32.2. The molecule has 3 rings (SSSR count). The van der Waals surface area contributed by atoms with Crippen molar-refractivity contribution < 1.29 is 18.0 Å². The SMILES string of the molecule is C=CC(=O)Nc1ccc(S(=O)(=O)N2CCN(C(=O)CCCc3ccccc3)CC2)cc1. The highest BCUT2D eigenvalue weighted by Gasteiger charge is 2.29. The molecule has 1 heterocycles. The van der Waals surface area contributed by atoms with Gasteiger partial charge in [0.25, 0.3) is 0 Å². The molecular weight excluding hydrogens is 414 g/mol. The molecule has 31 heavy (non-hydrogen) atoms. The average Bonchev–Trinajstić information content (AvgIpc) is 2.80. The van der Waals surface area contributed by atoms with Gasteiger partial charge in [-0.2, -0.15) is 4.31 Å². The number of nitrogens with one attached hydrogen (secondary N) is 1. The van der Waals surface area contributed by atoms with Crippen LogP contribution in [0.5, 0.6) is 0 Å². The van der Waals surface area contributed by atoms with Gasteiger partial charge in [-0.3, -0.25) is 9.59 Å². The molecule has 7 nitrogen and oxygen atoms in total. The number of hydrogen-bond donors (Lipinski definition) is 1. The maximum Gasteiger partial charge on any atom is 0.247 e. The van der Waals surface area contributed by atoms with Crippen LogP contribution in [-0.2, 0) is 26.0 Å². The van der Waals surface area contributed by atoms with Crippen LogP contribution in [0.25, 0.3) is 0 Å². The Kier molecular flexibility index (Phi) is 7.59. The topological polar surface area (TPSA) is 86.8 Å². The molecule has 0 bridgehead atoms. The fourth-order valence-electron chi connectivity index (χ4n) is 3.48. The zero-order chi connectivity index (χ0) is 22.3. The van der Waals surface area contributed by atoms with E-state index in [1.54, 1.807) is 17.0 Å². The average molecular weight is 442 g/mol. The molecule has 0 saturated carbocycles. The van der Waals surface area contributed by atoms with Crippen molar-refractivity contribution in [2.75, 3.05) is 31.5 Å². The first-order valence-corrected chi connectivity index (χ1v) is 11.7. The lowest BCUT2D eigenvalue weighted by Gasteiger charge is -2.34. The lowest BCUT2D eigenvalue weighted by atomic mass is 10.1. The van der Waals surface area contributed by atoms with Crippen molar-refractivity contribution >= 4 is 27.5 Å². The van der Waals surface area contributed by atoms with Crippen LogP contribution in [0.2, 0.25) is 0 Å². The maximum absolute atomic E-state index is 12.9. The predicted molar refractivity (Wildman–Crippen MR) is 120 cm³/mol. The molecule has 8 heteroatoms. The van der Waals surface area contributed by atoms with Gasteiger partial charge >= 0.3 is 0 Å². The number of sulfonamides is 1. The number of nitrogens with zero attached hydrogens (tertiary/aromatic N) is 2. The molecule has 1 aliphatic heterocycles. The molecule has 1 fully saturated rings. The van der Waals surface area contributed by atoms with Gasteiger partial charge < -0.3 is 10.2 Å². The Morgan fingerprint density at radius 1 is 0.968 bits per heavy atom. The van der Waals surface area contributed by atoms with Crippen LogP contribution in [0.15, 0.2) is 72.1 Å². The number of benzene rings is 2. The summed E-state index contributed by atoms with van der Waals surface area (Å²) in [6.07, 6.45) is 3.23. The van der Waals surface area contributed by atoms with Crippen LogP contribution in [0.4, 0.5) is 5.69 Å². The number of anilines is 1. The van der Waals surface area contributed by atoms with Crippen molar-refractivity contribution in [2.45, 2.75) is 24.2 Å². The molecule has 2 aromatic carbocycles. The summed E-state index contributed by atoms with van der Waals surface area (Å²) in [6.45, 7) is 4.68. The van der Waals surface area contributed by atoms with Crippen molar-refractivity contribution in [2.24, 2.45) is 0 Å². The third kappa shape index (κ3) is 6.02. The van der Waals surface area contributed by atoms with Crippen LogP contribution in [0, 0.1) is 0 Å². The van der Waals surface area contributed by atoms with E-state index in [1.165, 1.54) is 22.0 Å². The van der Waals surface area contributed by atoms with Gasteiger partial charge in [0, 0.05) is 38.3 Å². The van der Waals surface area contributed by atoms with Crippen LogP contribution < -0.4 is 5.32 Å². The van der Waals surface area contributed by atoms with Gasteiger partial charge in [0.2, 0.25) is 21.8 Å². The summed E-state index contributed by atoms with van der Waals surface area (Å²) in [5.41, 5.74) is 1.70. The molecule has 0 unspecified atom stereocenters. The number of aryl methyl sites for hydroxylation is 1. The summed E-state index contributed by atoms with van der Waals surface area (Å²) in [4.78, 5) is 25.7. The van der Waals surface area contributed by atoms with Gasteiger partial charge in [0.15, 0.2) is 0 Å². The molecule has 1 N–H and O–H groups in total. The van der Waals surface area contributed by atoms with Gasteiger partial charge in [-0.25, -0.2) is 8.42 Å². The van der Waals surface area contributed by atoms with Crippen molar-refractivity contribution in [3.63, 3.8) is 0 Å². The number of amides is 2. The van der Waals surface area contributed by atoms with Crippen LogP contribution in [0.3, 0.4) is 0 Å². The number of rotatable bonds is 8. The highest BCUT2D eigenvalue weighted by Crippen LogP contribution is 2.20. The lowest BCUT2D eigenvalue weighted by Crippen LogP contribution is -2.50. The van der Waals surface area contributed by atoms with E-state index in [-0.39, 0.29) is 29.8 Å². The summed E-state index contributed by atoms with van der Waals surface area (Å²) < 4.78 is 27.2. The number of hydrogen-bond acceptors (Lipinski definition) is 4. The van der Waals surface area contributed by atoms with E-state index in [1.807, 2.05) is 30.3 Å². The van der Waals surface area contributed by atoms with E-state index in [2.05, 4.69) is 11.9 Å². The van der Waals surface area contributed by atoms with Crippen LogP contribution in [0.1, 0.15) is 18.4 Å². The summed E-state index contributed by atoms with van der Waals surface area (Å²) in [7, 11) is -3.65. The molecule has 2 aromatic rings. The molecular formula is C23H27N3O4S. The van der Waals surface area contributed by atoms with Crippen molar-refractivity contribution in [1.29, 1.82) is 0 Å². The summed E-state index contributed by atoms with van der Waals surface area (Å²) in [5.74, 6) is -0.296. The van der Waals surface area contributed by atoms with E-state index in [9.17, 15) is 18.0 Å². The molecule has 1 aliphatic rings. The van der Waals surface area contributed by atoms with Gasteiger partial charge in [-0.1, -0.05) is 36.9 Å². The first-order valence-electron chi connectivity index (χ1n) is 10.3. The molecule has 0 atom stereocenters. The highest BCUT2D eigenvalue weighted by molar-refractivity contribution is 7.89. The molecule has 0 aromatic heterocycles. The number of carbonyl (C=O) groups is 2. The second kappa shape index (κ2) is 10.4. The Labute approximate surface area is 183 Å². The predicted octanol–water partition coefficient (Wildman–Crippen LogP) is 2.67. The molecule has 0 spiro atoms. The minimum Gasteiger partial charge on any atom is -0.340 e. The van der Waals surface area contributed by atoms with Gasteiger partial charge in [-0.15, -0.1) is 0 Å². The fraction of sp³-hybridized carbons (Fsp3) is 0.304. The third-order valence-corrected chi connectivity index (χ3v) is 7.15. The first-order chi connectivity index (χ1) is 14.9. The number of carbonyl (C=O) groups excluding carboxylic acids is 2. The zero-order valence-corrected chi connectivity index (χ0v) is 18.2. The van der Waals surface area contributed by atoms with Gasteiger partial charge in [-0.05, 0) is 48.7 Å². The molecule has 1 saturated heterocycles. The quantitative estimate of drug-likeness (QED) is 0.638. The van der Waals surface area contributed by atoms with E-state index in [4.69, 9.17) is 0 Å². The lowest BCUT2D eigenvalue weighted by molar-refractivity contribution is -0.132. The zero-order valence-electron chi connectivity index (χ0n) is 17.4. The minimum absolute atomic E-state index is 0.0651. The van der Waals surface area contributed by atoms with Crippen LogP contribution >= 0.6 is 0 Å². The standard InChI is InChI=1S/C23H27N3O4S/c1-2-22(27)24-20-11-13-21(14-12-20)31(29,30)26-17-15-25(16-18-26)23(28)10-6-9-19-7-4-3-5-8-19/h2-5,7-8,11-14H,1,6,9-10,15-18H2,(H,24,27). The Balaban J connectivity index is 1.50. The maximum atomic E-state index is 12.9. The fourth-order valence-corrected chi connectivity index (χ4v) is 4.90. The smallest absolute Gasteiger partial charge is 0.247 e. The van der Waals surface area contributed by atoms with Crippen molar-refractivity contribution in [1.82, 2.24) is 9.21 Å². The van der Waals surface area contributed by atoms with Crippen LogP contribution in [-0.4, -0.2) is 55.6 Å². The monoisotopic (exact) mass is 441 g/mol. The normalized spacial score (nSPS) is 14.8. The minimum atomic E-state index is -3.65. The molecule has 0 radical (unpaired) electrons. The van der Waals surface area contributed by atoms with Crippen molar-refractivity contribution in [3.05, 3.63) is 72.8 Å². The Hall–Kier alpha value is -2.97. The largest absolute Gasteiger partial charge is 0.340 e. The Bertz CT molecular complexity index is 1010. The van der Waals surface area contributed by atoms with E-state index >= 15 is 0 Å². The third-order valence-electron chi connectivity index (χ3n) is 5.24. The summed E-state index contributed by atoms with van der Waals surface area (Å²) >= 11 is 0. The van der Waals surface area contributed by atoms with Gasteiger partial charge in [0.05, 0.1) is 4.90 Å². The molecule has 0 aliphatic carbocycles. The molecule has 164 valence electrons. The van der Waals surface area contributed by atoms with E-state index < -0.39 is 10.0 Å². The van der Waals surface area contributed by atoms with Gasteiger partial charge in [0.1, 0.15) is 0 Å². The Morgan fingerprint density at radius 2 is 1.61 bits per heavy atom. The van der Waals surface area contributed by atoms with E-state index in [0.717, 1.165) is 18.9 Å². The number of piperazine rings is 1. The second-order valence-corrected chi connectivity index (χ2v) is 9.28. The second-order valence-electron chi connectivity index (χ2n) is 7.34. The Morgan fingerprint density at radius 3 is 2.23 bits per heavy atom. The van der Waals surface area contributed by atoms with E-state index in [0.29, 0.717) is 25.2 Å². The molecule has 2 amide bonds. The summed E-state index contributed by atoms with van der Waals surface area (Å²) in [5, 5.41) is 2.59. The van der Waals surface area contributed by atoms with Crippen molar-refractivity contribution in [3.8, 4) is 0 Å². The first kappa shape index (κ1) is 22.7.